The van der Waals surface area contributed by atoms with Crippen LogP contribution in [0.2, 0.25) is 0 Å². The van der Waals surface area contributed by atoms with Crippen molar-refractivity contribution in [3.05, 3.63) is 48.0 Å². The second-order valence-electron chi connectivity index (χ2n) is 6.77. The van der Waals surface area contributed by atoms with Crippen molar-refractivity contribution in [2.75, 3.05) is 6.61 Å². The van der Waals surface area contributed by atoms with Crippen LogP contribution in [0.5, 0.6) is 0 Å². The topological polar surface area (TPSA) is 29.5 Å². The van der Waals surface area contributed by atoms with E-state index in [-0.39, 0.29) is 6.09 Å². The Hall–Kier alpha value is -2.03. The molecule has 2 aromatic rings. The van der Waals surface area contributed by atoms with Crippen molar-refractivity contribution in [1.82, 2.24) is 4.90 Å². The SMILES string of the molecule is CCOC(=O)N1C2CCC1CC(c1ccc3ccccc3c1)C2. The van der Waals surface area contributed by atoms with E-state index in [1.54, 1.807) is 0 Å². The van der Waals surface area contributed by atoms with E-state index in [4.69, 9.17) is 4.74 Å². The minimum absolute atomic E-state index is 0.114. The van der Waals surface area contributed by atoms with Crippen molar-refractivity contribution in [3.63, 3.8) is 0 Å². The molecular weight excluding hydrogens is 286 g/mol. The van der Waals surface area contributed by atoms with Crippen molar-refractivity contribution < 1.29 is 9.53 Å². The Morgan fingerprint density at radius 3 is 2.48 bits per heavy atom. The van der Waals surface area contributed by atoms with E-state index in [0.29, 0.717) is 24.6 Å². The van der Waals surface area contributed by atoms with Gasteiger partial charge < -0.3 is 9.64 Å². The number of rotatable bonds is 2. The maximum absolute atomic E-state index is 12.2. The van der Waals surface area contributed by atoms with Crippen molar-refractivity contribution in [3.8, 4) is 0 Å². The average molecular weight is 309 g/mol. The highest BCUT2D eigenvalue weighted by atomic mass is 16.6. The van der Waals surface area contributed by atoms with Gasteiger partial charge in [0.15, 0.2) is 0 Å². The fraction of sp³-hybridized carbons (Fsp3) is 0.450. The quantitative estimate of drug-likeness (QED) is 0.804. The third kappa shape index (κ3) is 2.58. The summed E-state index contributed by atoms with van der Waals surface area (Å²) in [5.74, 6) is 0.558. The van der Waals surface area contributed by atoms with Gasteiger partial charge in [0.05, 0.1) is 6.61 Å². The summed E-state index contributed by atoms with van der Waals surface area (Å²) >= 11 is 0. The van der Waals surface area contributed by atoms with Crippen LogP contribution in [0.3, 0.4) is 0 Å². The third-order valence-corrected chi connectivity index (χ3v) is 5.46. The molecule has 2 unspecified atom stereocenters. The predicted octanol–water partition coefficient (Wildman–Crippen LogP) is 4.71. The highest BCUT2D eigenvalue weighted by molar-refractivity contribution is 5.83. The first-order valence-corrected chi connectivity index (χ1v) is 8.70. The monoisotopic (exact) mass is 309 g/mol. The molecule has 2 fully saturated rings. The van der Waals surface area contributed by atoms with Crippen LogP contribution < -0.4 is 0 Å². The molecule has 0 spiro atoms. The number of carbonyl (C=O) groups is 1. The molecule has 3 heteroatoms. The van der Waals surface area contributed by atoms with Crippen LogP contribution in [0.15, 0.2) is 42.5 Å². The number of piperidine rings is 1. The Bertz CT molecular complexity index is 712. The number of hydrogen-bond acceptors (Lipinski definition) is 2. The molecule has 2 aliphatic rings. The molecule has 2 bridgehead atoms. The van der Waals surface area contributed by atoms with Gasteiger partial charge in [-0.25, -0.2) is 4.79 Å². The number of carbonyl (C=O) groups excluding carboxylic acids is 1. The predicted molar refractivity (Wildman–Crippen MR) is 91.6 cm³/mol. The van der Waals surface area contributed by atoms with Crippen molar-refractivity contribution in [2.24, 2.45) is 0 Å². The molecule has 0 saturated carbocycles. The minimum atomic E-state index is -0.114. The number of hydrogen-bond donors (Lipinski definition) is 0. The van der Waals surface area contributed by atoms with Gasteiger partial charge in [-0.3, -0.25) is 0 Å². The molecule has 2 atom stereocenters. The molecule has 2 aromatic carbocycles. The second kappa shape index (κ2) is 5.88. The van der Waals surface area contributed by atoms with Crippen molar-refractivity contribution in [2.45, 2.75) is 50.6 Å². The van der Waals surface area contributed by atoms with Gasteiger partial charge in [0.1, 0.15) is 0 Å². The summed E-state index contributed by atoms with van der Waals surface area (Å²) in [6.07, 6.45) is 4.25. The van der Waals surface area contributed by atoms with E-state index < -0.39 is 0 Å². The lowest BCUT2D eigenvalue weighted by Crippen LogP contribution is -2.46. The highest BCUT2D eigenvalue weighted by Gasteiger charge is 2.44. The average Bonchev–Trinajstić information content (AvgIpc) is 2.85. The Morgan fingerprint density at radius 1 is 1.09 bits per heavy atom. The number of benzene rings is 2. The molecule has 1 amide bonds. The van der Waals surface area contributed by atoms with Gasteiger partial charge in [-0.15, -0.1) is 0 Å². The molecule has 2 saturated heterocycles. The molecule has 2 heterocycles. The van der Waals surface area contributed by atoms with E-state index >= 15 is 0 Å². The van der Waals surface area contributed by atoms with E-state index in [1.807, 2.05) is 11.8 Å². The summed E-state index contributed by atoms with van der Waals surface area (Å²) < 4.78 is 5.25. The van der Waals surface area contributed by atoms with Crippen LogP contribution in [0.1, 0.15) is 44.1 Å². The second-order valence-corrected chi connectivity index (χ2v) is 6.77. The fourth-order valence-corrected chi connectivity index (χ4v) is 4.41. The van der Waals surface area contributed by atoms with Gasteiger partial charge in [0.2, 0.25) is 0 Å². The Labute approximate surface area is 137 Å². The van der Waals surface area contributed by atoms with Crippen molar-refractivity contribution >= 4 is 16.9 Å². The summed E-state index contributed by atoms with van der Waals surface area (Å²) in [5, 5.41) is 2.60. The Balaban J connectivity index is 1.57. The van der Waals surface area contributed by atoms with E-state index in [1.165, 1.54) is 16.3 Å². The summed E-state index contributed by atoms with van der Waals surface area (Å²) in [7, 11) is 0. The third-order valence-electron chi connectivity index (χ3n) is 5.46. The molecule has 0 aromatic heterocycles. The van der Waals surface area contributed by atoms with E-state index in [0.717, 1.165) is 25.7 Å². The van der Waals surface area contributed by atoms with Gasteiger partial charge in [-0.2, -0.15) is 0 Å². The summed E-state index contributed by atoms with van der Waals surface area (Å²) in [6.45, 7) is 2.34. The van der Waals surface area contributed by atoms with E-state index in [9.17, 15) is 4.79 Å². The molecule has 120 valence electrons. The Kier molecular flexibility index (Phi) is 3.72. The first-order valence-electron chi connectivity index (χ1n) is 8.70. The maximum Gasteiger partial charge on any atom is 0.410 e. The van der Waals surface area contributed by atoms with Crippen LogP contribution in [0.4, 0.5) is 4.79 Å². The van der Waals surface area contributed by atoms with Gasteiger partial charge in [-0.1, -0.05) is 42.5 Å². The maximum atomic E-state index is 12.2. The molecule has 23 heavy (non-hydrogen) atoms. The first-order chi connectivity index (χ1) is 11.3. The van der Waals surface area contributed by atoms with Crippen LogP contribution in [0, 0.1) is 0 Å². The number of ether oxygens (including phenoxy) is 1. The lowest BCUT2D eigenvalue weighted by molar-refractivity contribution is 0.0690. The highest BCUT2D eigenvalue weighted by Crippen LogP contribution is 2.43. The fourth-order valence-electron chi connectivity index (χ4n) is 4.41. The molecule has 2 aliphatic heterocycles. The summed E-state index contributed by atoms with van der Waals surface area (Å²) in [6, 6.07) is 16.1. The molecule has 3 nitrogen and oxygen atoms in total. The molecule has 4 rings (SSSR count). The zero-order chi connectivity index (χ0) is 15.8. The number of nitrogens with zero attached hydrogens (tertiary/aromatic N) is 1. The van der Waals surface area contributed by atoms with Crippen molar-refractivity contribution in [1.29, 1.82) is 0 Å². The smallest absolute Gasteiger partial charge is 0.410 e. The molecule has 0 radical (unpaired) electrons. The lowest BCUT2D eigenvalue weighted by Gasteiger charge is -2.38. The van der Waals surface area contributed by atoms with Gasteiger partial charge in [0.25, 0.3) is 0 Å². The normalized spacial score (nSPS) is 26.5. The largest absolute Gasteiger partial charge is 0.450 e. The summed E-state index contributed by atoms with van der Waals surface area (Å²) in [5.41, 5.74) is 1.42. The number of amides is 1. The van der Waals surface area contributed by atoms with Crippen LogP contribution >= 0.6 is 0 Å². The van der Waals surface area contributed by atoms with Gasteiger partial charge >= 0.3 is 6.09 Å². The van der Waals surface area contributed by atoms with Gasteiger partial charge in [-0.05, 0) is 54.9 Å². The van der Waals surface area contributed by atoms with E-state index in [2.05, 4.69) is 42.5 Å². The zero-order valence-corrected chi connectivity index (χ0v) is 13.6. The lowest BCUT2D eigenvalue weighted by atomic mass is 9.84. The van der Waals surface area contributed by atoms with Crippen LogP contribution in [-0.2, 0) is 4.74 Å². The zero-order valence-electron chi connectivity index (χ0n) is 13.6. The minimum Gasteiger partial charge on any atom is -0.450 e. The Morgan fingerprint density at radius 2 is 1.78 bits per heavy atom. The van der Waals surface area contributed by atoms with Crippen LogP contribution in [-0.4, -0.2) is 29.7 Å². The molecule has 0 N–H and O–H groups in total. The van der Waals surface area contributed by atoms with Crippen LogP contribution in [0.25, 0.3) is 10.8 Å². The molecular formula is C20H23NO2. The summed E-state index contributed by atoms with van der Waals surface area (Å²) in [4.78, 5) is 14.2. The van der Waals surface area contributed by atoms with Gasteiger partial charge in [0, 0.05) is 12.1 Å². The molecule has 0 aliphatic carbocycles. The number of fused-ring (bicyclic) bond motifs is 3. The first kappa shape index (κ1) is 14.6. The standard InChI is InChI=1S/C20H23NO2/c1-2-23-20(22)21-18-9-10-19(21)13-17(12-18)16-8-7-14-5-3-4-6-15(14)11-16/h3-8,11,17-19H,2,9-10,12-13H2,1H3.